The van der Waals surface area contributed by atoms with Crippen LogP contribution < -0.4 is 14.4 Å². The molecule has 1 saturated heterocycles. The Morgan fingerprint density at radius 1 is 1.11 bits per heavy atom. The van der Waals surface area contributed by atoms with Gasteiger partial charge in [-0.15, -0.1) is 0 Å². The lowest BCUT2D eigenvalue weighted by molar-refractivity contribution is -0.117. The number of benzene rings is 1. The molecule has 1 aromatic carbocycles. The number of fused-ring (bicyclic) bond motifs is 1. The first-order valence-electron chi connectivity index (χ1n) is 8.47. The normalized spacial score (nSPS) is 18.9. The van der Waals surface area contributed by atoms with Crippen LogP contribution in [-0.2, 0) is 4.79 Å². The Morgan fingerprint density at radius 2 is 1.96 bits per heavy atom. The third kappa shape index (κ3) is 2.97. The summed E-state index contributed by atoms with van der Waals surface area (Å²) in [6, 6.07) is 9.00. The number of rotatable bonds is 3. The number of amides is 1. The molecule has 0 N–H and O–H groups in total. The number of hydrogen-bond acceptors (Lipinski definition) is 7. The van der Waals surface area contributed by atoms with Crippen LogP contribution in [0.5, 0.6) is 11.5 Å². The zero-order valence-electron chi connectivity index (χ0n) is 14.1. The molecule has 0 bridgehead atoms. The van der Waals surface area contributed by atoms with Crippen LogP contribution in [0.15, 0.2) is 43.9 Å². The average molecular weight is 432 g/mol. The van der Waals surface area contributed by atoms with Gasteiger partial charge in [0.2, 0.25) is 5.91 Å². The second-order valence-corrected chi connectivity index (χ2v) is 7.08. The maximum absolute atomic E-state index is 12.5. The first-order valence-corrected chi connectivity index (χ1v) is 9.26. The number of furan rings is 1. The summed E-state index contributed by atoms with van der Waals surface area (Å²) in [4.78, 5) is 18.7. The topological polar surface area (TPSA) is 90.8 Å². The third-order valence-corrected chi connectivity index (χ3v) is 4.98. The van der Waals surface area contributed by atoms with E-state index in [9.17, 15) is 4.79 Å². The molecule has 138 valence electrons. The Hall–Kier alpha value is -2.81. The number of nitrogens with zero attached hydrogens (tertiary/aromatic N) is 3. The molecule has 27 heavy (non-hydrogen) atoms. The molecular weight excluding hydrogens is 418 g/mol. The fraction of sp³-hybridized carbons (Fsp3) is 0.278. The fourth-order valence-corrected chi connectivity index (χ4v) is 3.57. The molecule has 1 unspecified atom stereocenters. The molecule has 3 aromatic rings. The van der Waals surface area contributed by atoms with Crippen molar-refractivity contribution < 1.29 is 23.2 Å². The predicted octanol–water partition coefficient (Wildman–Crippen LogP) is 3.38. The molecule has 4 heterocycles. The lowest BCUT2D eigenvalue weighted by Gasteiger charge is -2.22. The predicted molar refractivity (Wildman–Crippen MR) is 96.8 cm³/mol. The van der Waals surface area contributed by atoms with Gasteiger partial charge < -0.3 is 23.3 Å². The van der Waals surface area contributed by atoms with Crippen molar-refractivity contribution in [3.8, 4) is 23.1 Å². The Morgan fingerprint density at radius 3 is 2.78 bits per heavy atom. The molecule has 1 amide bonds. The summed E-state index contributed by atoms with van der Waals surface area (Å²) in [7, 11) is 0. The smallest absolute Gasteiger partial charge is 0.293 e. The summed E-state index contributed by atoms with van der Waals surface area (Å²) in [6.07, 6.45) is 0.315. The molecule has 2 aliphatic heterocycles. The quantitative estimate of drug-likeness (QED) is 0.627. The first kappa shape index (κ1) is 16.4. The molecule has 1 fully saturated rings. The van der Waals surface area contributed by atoms with Gasteiger partial charge in [-0.25, -0.2) is 0 Å². The minimum atomic E-state index is -0.151. The number of halogens is 1. The third-order valence-electron chi connectivity index (χ3n) is 4.55. The summed E-state index contributed by atoms with van der Waals surface area (Å²) in [5, 5.41) is 4.03. The van der Waals surface area contributed by atoms with E-state index >= 15 is 0 Å². The van der Waals surface area contributed by atoms with Gasteiger partial charge in [-0.3, -0.25) is 4.79 Å². The second kappa shape index (κ2) is 6.41. The molecule has 0 aliphatic carbocycles. The van der Waals surface area contributed by atoms with E-state index in [1.54, 1.807) is 17.0 Å². The van der Waals surface area contributed by atoms with Gasteiger partial charge in [0.25, 0.3) is 5.89 Å². The van der Waals surface area contributed by atoms with Gasteiger partial charge in [-0.05, 0) is 40.2 Å². The molecule has 5 rings (SSSR count). The van der Waals surface area contributed by atoms with E-state index < -0.39 is 0 Å². The first-order chi connectivity index (χ1) is 13.2. The van der Waals surface area contributed by atoms with Crippen molar-refractivity contribution in [1.82, 2.24) is 10.1 Å². The number of carbonyl (C=O) groups is 1. The standard InChI is InChI=1S/C18H14BrN3O5/c19-15-4-3-13(26-15)18-20-17(21-27-18)10-7-16(23)22(9-10)11-1-2-12-14(8-11)25-6-5-24-12/h1-4,8,10H,5-7,9H2. The Labute approximate surface area is 162 Å². The molecule has 9 heteroatoms. The van der Waals surface area contributed by atoms with E-state index in [2.05, 4.69) is 26.1 Å². The highest BCUT2D eigenvalue weighted by Gasteiger charge is 2.35. The minimum absolute atomic E-state index is 0.00349. The maximum Gasteiger partial charge on any atom is 0.293 e. The Bertz CT molecular complexity index is 1010. The number of anilines is 1. The van der Waals surface area contributed by atoms with Crippen molar-refractivity contribution in [2.75, 3.05) is 24.7 Å². The molecule has 2 aromatic heterocycles. The van der Waals surface area contributed by atoms with Crippen molar-refractivity contribution in [2.24, 2.45) is 0 Å². The van der Waals surface area contributed by atoms with Crippen molar-refractivity contribution in [1.29, 1.82) is 0 Å². The number of hydrogen-bond donors (Lipinski definition) is 0. The molecule has 8 nitrogen and oxygen atoms in total. The highest BCUT2D eigenvalue weighted by molar-refractivity contribution is 9.10. The highest BCUT2D eigenvalue weighted by atomic mass is 79.9. The summed E-state index contributed by atoms with van der Waals surface area (Å²) < 4.78 is 22.4. The van der Waals surface area contributed by atoms with Crippen LogP contribution in [0.4, 0.5) is 5.69 Å². The van der Waals surface area contributed by atoms with Gasteiger partial charge in [0.15, 0.2) is 27.8 Å². The molecule has 2 aliphatic rings. The van der Waals surface area contributed by atoms with Crippen LogP contribution in [0.3, 0.4) is 0 Å². The van der Waals surface area contributed by atoms with Crippen LogP contribution in [0.1, 0.15) is 18.2 Å². The van der Waals surface area contributed by atoms with Crippen LogP contribution in [0, 0.1) is 0 Å². The van der Waals surface area contributed by atoms with Gasteiger partial charge in [0.05, 0.1) is 0 Å². The summed E-state index contributed by atoms with van der Waals surface area (Å²) in [6.45, 7) is 1.50. The Balaban J connectivity index is 1.37. The van der Waals surface area contributed by atoms with Crippen molar-refractivity contribution in [2.45, 2.75) is 12.3 Å². The highest BCUT2D eigenvalue weighted by Crippen LogP contribution is 2.37. The van der Waals surface area contributed by atoms with Crippen LogP contribution >= 0.6 is 15.9 Å². The minimum Gasteiger partial charge on any atom is -0.486 e. The second-order valence-electron chi connectivity index (χ2n) is 6.29. The molecular formula is C18H14BrN3O5. The van der Waals surface area contributed by atoms with E-state index in [1.165, 1.54) is 0 Å². The van der Waals surface area contributed by atoms with E-state index in [-0.39, 0.29) is 11.8 Å². The molecule has 1 atom stereocenters. The summed E-state index contributed by atoms with van der Waals surface area (Å²) in [5.41, 5.74) is 0.769. The van der Waals surface area contributed by atoms with Crippen molar-refractivity contribution in [3.63, 3.8) is 0 Å². The van der Waals surface area contributed by atoms with E-state index in [0.29, 0.717) is 59.8 Å². The number of carbonyl (C=O) groups excluding carboxylic acids is 1. The van der Waals surface area contributed by atoms with Crippen LogP contribution in [0.25, 0.3) is 11.7 Å². The van der Waals surface area contributed by atoms with E-state index in [1.807, 2.05) is 18.2 Å². The van der Waals surface area contributed by atoms with Gasteiger partial charge in [-0.2, -0.15) is 4.98 Å². The van der Waals surface area contributed by atoms with Gasteiger partial charge >= 0.3 is 0 Å². The number of ether oxygens (including phenoxy) is 2. The van der Waals surface area contributed by atoms with Crippen LogP contribution in [-0.4, -0.2) is 35.8 Å². The Kier molecular flexibility index (Phi) is 3.89. The molecule has 0 spiro atoms. The molecule has 0 radical (unpaired) electrons. The zero-order chi connectivity index (χ0) is 18.4. The zero-order valence-corrected chi connectivity index (χ0v) is 15.6. The van der Waals surface area contributed by atoms with Crippen molar-refractivity contribution in [3.05, 3.63) is 40.8 Å². The average Bonchev–Trinajstić information content (AvgIpc) is 3.40. The summed E-state index contributed by atoms with van der Waals surface area (Å²) in [5.74, 6) is 2.46. The van der Waals surface area contributed by atoms with Gasteiger partial charge in [0.1, 0.15) is 13.2 Å². The monoisotopic (exact) mass is 431 g/mol. The van der Waals surface area contributed by atoms with E-state index in [0.717, 1.165) is 5.69 Å². The van der Waals surface area contributed by atoms with Gasteiger partial charge in [0, 0.05) is 30.6 Å². The van der Waals surface area contributed by atoms with E-state index in [4.69, 9.17) is 18.4 Å². The maximum atomic E-state index is 12.5. The lowest BCUT2D eigenvalue weighted by Crippen LogP contribution is -2.25. The lowest BCUT2D eigenvalue weighted by atomic mass is 10.1. The SMILES string of the molecule is O=C1CC(c2noc(-c3ccc(Br)o3)n2)CN1c1ccc2c(c1)OCCO2. The van der Waals surface area contributed by atoms with Gasteiger partial charge in [-0.1, -0.05) is 5.16 Å². The molecule has 0 saturated carbocycles. The van der Waals surface area contributed by atoms with Crippen LogP contribution in [0.2, 0.25) is 0 Å². The largest absolute Gasteiger partial charge is 0.486 e. The van der Waals surface area contributed by atoms with Crippen molar-refractivity contribution >= 4 is 27.5 Å². The fourth-order valence-electron chi connectivity index (χ4n) is 3.26. The summed E-state index contributed by atoms with van der Waals surface area (Å²) >= 11 is 3.24. The number of aromatic nitrogens is 2.